The molecule has 0 fully saturated rings. The second-order valence-corrected chi connectivity index (χ2v) is 8.42. The Balaban J connectivity index is 2.58. The van der Waals surface area contributed by atoms with Gasteiger partial charge in [-0.2, -0.15) is 18.3 Å². The number of amides is 1. The molecular weight excluding hydrogens is 320 g/mol. The van der Waals surface area contributed by atoms with Crippen molar-refractivity contribution in [1.82, 2.24) is 5.43 Å². The van der Waals surface area contributed by atoms with Crippen LogP contribution in [0.25, 0.3) is 0 Å². The number of hydrogen-bond donors (Lipinski definition) is 1. The first-order chi connectivity index (χ1) is 10.00. The van der Waals surface area contributed by atoms with Crippen molar-refractivity contribution in [3.63, 3.8) is 0 Å². The van der Waals surface area contributed by atoms with Gasteiger partial charge in [-0.3, -0.25) is 0 Å². The standard InChI is InChI=1S/C13H14F3N2O3P/c1-7-11(17-18-12(19)21-7)8-4-5-10(22(2,3)20)9(6-8)13(14,15)16/h4-7H,1-3H3,(H,18,19)/t7-/m0/s1. The summed E-state index contributed by atoms with van der Waals surface area (Å²) in [5.41, 5.74) is 1.40. The Morgan fingerprint density at radius 3 is 2.45 bits per heavy atom. The molecular formula is C13H14F3N2O3P. The quantitative estimate of drug-likeness (QED) is 0.846. The molecule has 1 N–H and O–H groups in total. The summed E-state index contributed by atoms with van der Waals surface area (Å²) in [6, 6.07) is 3.45. The van der Waals surface area contributed by atoms with E-state index in [-0.39, 0.29) is 16.6 Å². The zero-order valence-corrected chi connectivity index (χ0v) is 13.0. The van der Waals surface area contributed by atoms with Gasteiger partial charge in [-0.05, 0) is 26.3 Å². The minimum Gasteiger partial charge on any atom is -0.439 e. The van der Waals surface area contributed by atoms with Crippen molar-refractivity contribution in [3.05, 3.63) is 29.3 Å². The topological polar surface area (TPSA) is 67.8 Å². The number of hydrazone groups is 1. The lowest BCUT2D eigenvalue weighted by atomic mass is 10.0. The molecule has 0 spiro atoms. The molecule has 120 valence electrons. The van der Waals surface area contributed by atoms with Gasteiger partial charge >= 0.3 is 12.3 Å². The summed E-state index contributed by atoms with van der Waals surface area (Å²) < 4.78 is 56.6. The van der Waals surface area contributed by atoms with E-state index in [0.717, 1.165) is 6.07 Å². The second kappa shape index (κ2) is 5.43. The van der Waals surface area contributed by atoms with Gasteiger partial charge in [-0.1, -0.05) is 12.1 Å². The van der Waals surface area contributed by atoms with Crippen LogP contribution in [0.3, 0.4) is 0 Å². The lowest BCUT2D eigenvalue weighted by Crippen LogP contribution is -2.37. The van der Waals surface area contributed by atoms with Crippen molar-refractivity contribution >= 4 is 24.3 Å². The Kier molecular flexibility index (Phi) is 4.08. The molecule has 0 bridgehead atoms. The van der Waals surface area contributed by atoms with E-state index >= 15 is 0 Å². The number of cyclic esters (lactones) is 1. The average molecular weight is 334 g/mol. The molecule has 5 nitrogen and oxygen atoms in total. The predicted molar refractivity (Wildman–Crippen MR) is 76.1 cm³/mol. The van der Waals surface area contributed by atoms with E-state index in [9.17, 15) is 22.5 Å². The van der Waals surface area contributed by atoms with Gasteiger partial charge in [0.25, 0.3) is 0 Å². The number of benzene rings is 1. The van der Waals surface area contributed by atoms with Gasteiger partial charge in [0.1, 0.15) is 19.0 Å². The molecule has 1 amide bonds. The van der Waals surface area contributed by atoms with Crippen LogP contribution in [0.15, 0.2) is 23.3 Å². The van der Waals surface area contributed by atoms with E-state index < -0.39 is 31.1 Å². The fraction of sp³-hybridized carbons (Fsp3) is 0.385. The van der Waals surface area contributed by atoms with Gasteiger partial charge in [-0.25, -0.2) is 10.2 Å². The van der Waals surface area contributed by atoms with Crippen molar-refractivity contribution in [2.45, 2.75) is 19.2 Å². The van der Waals surface area contributed by atoms with E-state index in [1.807, 2.05) is 0 Å². The van der Waals surface area contributed by atoms with Crippen molar-refractivity contribution in [1.29, 1.82) is 0 Å². The molecule has 22 heavy (non-hydrogen) atoms. The first-order valence-corrected chi connectivity index (χ1v) is 8.91. The van der Waals surface area contributed by atoms with Crippen LogP contribution in [0, 0.1) is 0 Å². The van der Waals surface area contributed by atoms with Gasteiger partial charge in [0.2, 0.25) is 0 Å². The van der Waals surface area contributed by atoms with Crippen LogP contribution in [0.2, 0.25) is 0 Å². The van der Waals surface area contributed by atoms with Gasteiger partial charge in [0.15, 0.2) is 0 Å². The summed E-state index contributed by atoms with van der Waals surface area (Å²) in [5.74, 6) is 0. The number of halogens is 3. The molecule has 1 aliphatic heterocycles. The highest BCUT2D eigenvalue weighted by Gasteiger charge is 2.37. The molecule has 0 aliphatic carbocycles. The highest BCUT2D eigenvalue weighted by molar-refractivity contribution is 7.70. The van der Waals surface area contributed by atoms with Crippen molar-refractivity contribution in [2.24, 2.45) is 5.10 Å². The van der Waals surface area contributed by atoms with Crippen LogP contribution in [-0.4, -0.2) is 31.2 Å². The number of nitrogens with one attached hydrogen (secondary N) is 1. The number of rotatable bonds is 2. The van der Waals surface area contributed by atoms with E-state index in [0.29, 0.717) is 0 Å². The second-order valence-electron chi connectivity index (χ2n) is 5.24. The molecule has 2 rings (SSSR count). The predicted octanol–water partition coefficient (Wildman–Crippen LogP) is 2.79. The highest BCUT2D eigenvalue weighted by Crippen LogP contribution is 2.41. The van der Waals surface area contributed by atoms with E-state index in [2.05, 4.69) is 10.5 Å². The van der Waals surface area contributed by atoms with E-state index in [1.165, 1.54) is 32.4 Å². The summed E-state index contributed by atoms with van der Waals surface area (Å²) in [5, 5.41) is 3.49. The van der Waals surface area contributed by atoms with E-state index in [1.54, 1.807) is 0 Å². The monoisotopic (exact) mass is 334 g/mol. The Bertz CT molecular complexity index is 694. The number of ether oxygens (including phenoxy) is 1. The lowest BCUT2D eigenvalue weighted by molar-refractivity contribution is -0.136. The number of hydrogen-bond acceptors (Lipinski definition) is 4. The number of carbonyl (C=O) groups excluding carboxylic acids is 1. The lowest BCUT2D eigenvalue weighted by Gasteiger charge is -2.22. The fourth-order valence-electron chi connectivity index (χ4n) is 2.13. The molecule has 1 heterocycles. The zero-order chi connectivity index (χ0) is 16.7. The summed E-state index contributed by atoms with van der Waals surface area (Å²) in [4.78, 5) is 11.0. The molecule has 1 aliphatic rings. The molecule has 1 aromatic carbocycles. The third-order valence-electron chi connectivity index (χ3n) is 3.11. The largest absolute Gasteiger partial charge is 0.439 e. The van der Waals surface area contributed by atoms with Crippen LogP contribution in [0.5, 0.6) is 0 Å². The van der Waals surface area contributed by atoms with Gasteiger partial charge in [0, 0.05) is 10.9 Å². The van der Waals surface area contributed by atoms with Gasteiger partial charge in [-0.15, -0.1) is 0 Å². The SMILES string of the molecule is C[C@@H]1OC(=O)NN=C1c1ccc(P(C)(C)=O)c(C(F)(F)F)c1. The molecule has 1 atom stereocenters. The smallest absolute Gasteiger partial charge is 0.428 e. The molecule has 0 radical (unpaired) electrons. The number of carbonyl (C=O) groups is 1. The molecule has 9 heteroatoms. The maximum absolute atomic E-state index is 13.2. The Labute approximate surface area is 124 Å². The fourth-order valence-corrected chi connectivity index (χ4v) is 3.34. The first-order valence-electron chi connectivity index (χ1n) is 6.31. The normalized spacial score (nSPS) is 19.3. The van der Waals surface area contributed by atoms with Crippen LogP contribution in [-0.2, 0) is 15.5 Å². The maximum atomic E-state index is 13.2. The molecule has 0 aromatic heterocycles. The average Bonchev–Trinajstić information content (AvgIpc) is 2.36. The van der Waals surface area contributed by atoms with Crippen molar-refractivity contribution < 1.29 is 27.3 Å². The van der Waals surface area contributed by atoms with Crippen LogP contribution >= 0.6 is 7.14 Å². The Morgan fingerprint density at radius 2 is 1.95 bits per heavy atom. The van der Waals surface area contributed by atoms with Gasteiger partial charge in [0.05, 0.1) is 5.56 Å². The molecule has 0 unspecified atom stereocenters. The summed E-state index contributed by atoms with van der Waals surface area (Å²) >= 11 is 0. The molecule has 1 aromatic rings. The Hall–Kier alpha value is -1.82. The van der Waals surface area contributed by atoms with Crippen molar-refractivity contribution in [2.75, 3.05) is 13.3 Å². The Morgan fingerprint density at radius 1 is 1.32 bits per heavy atom. The third kappa shape index (κ3) is 3.32. The van der Waals surface area contributed by atoms with Crippen LogP contribution in [0.4, 0.5) is 18.0 Å². The van der Waals surface area contributed by atoms with Crippen LogP contribution < -0.4 is 10.7 Å². The molecule has 0 saturated carbocycles. The van der Waals surface area contributed by atoms with E-state index in [4.69, 9.17) is 4.74 Å². The van der Waals surface area contributed by atoms with Crippen LogP contribution in [0.1, 0.15) is 18.1 Å². The minimum absolute atomic E-state index is 0.150. The number of nitrogens with zero attached hydrogens (tertiary/aromatic N) is 1. The summed E-state index contributed by atoms with van der Waals surface area (Å²) in [7, 11) is -3.10. The first kappa shape index (κ1) is 16.5. The third-order valence-corrected chi connectivity index (χ3v) is 4.66. The van der Waals surface area contributed by atoms with Gasteiger partial charge < -0.3 is 9.30 Å². The maximum Gasteiger partial charge on any atom is 0.428 e. The zero-order valence-electron chi connectivity index (χ0n) is 12.1. The minimum atomic E-state index is -4.64. The number of alkyl halides is 3. The summed E-state index contributed by atoms with van der Waals surface area (Å²) in [6.45, 7) is 4.06. The molecule has 0 saturated heterocycles. The highest BCUT2D eigenvalue weighted by atomic mass is 31.2. The summed E-state index contributed by atoms with van der Waals surface area (Å²) in [6.07, 6.45) is -6.19. The van der Waals surface area contributed by atoms with Crippen molar-refractivity contribution in [3.8, 4) is 0 Å².